The van der Waals surface area contributed by atoms with Gasteiger partial charge in [-0.3, -0.25) is 4.79 Å². The molecule has 21 heavy (non-hydrogen) atoms. The number of halogens is 2. The van der Waals surface area contributed by atoms with Crippen molar-refractivity contribution in [3.8, 4) is 5.75 Å². The Bertz CT molecular complexity index is 498. The number of rotatable bonds is 5. The smallest absolute Gasteiger partial charge is 0.387 e. The van der Waals surface area contributed by atoms with Gasteiger partial charge in [0.2, 0.25) is 0 Å². The fraction of sp³-hybridized carbons (Fsp3) is 0.429. The lowest BCUT2D eigenvalue weighted by atomic mass is 10.2. The predicted octanol–water partition coefficient (Wildman–Crippen LogP) is 2.07. The number of nitrogens with zero attached hydrogens (tertiary/aromatic N) is 1. The third-order valence-electron chi connectivity index (χ3n) is 3.10. The third kappa shape index (κ3) is 4.40. The first kappa shape index (κ1) is 15.2. The topological polar surface area (TPSA) is 55.8 Å². The van der Waals surface area contributed by atoms with E-state index in [4.69, 9.17) is 4.74 Å². The summed E-state index contributed by atoms with van der Waals surface area (Å²) in [5.41, 5.74) is 0.172. The minimum atomic E-state index is -2.92. The quantitative estimate of drug-likeness (QED) is 0.781. The summed E-state index contributed by atoms with van der Waals surface area (Å²) in [6, 6.07) is 5.09. The molecule has 7 heteroatoms. The Kier molecular flexibility index (Phi) is 5.08. The molecule has 0 spiro atoms. The highest BCUT2D eigenvalue weighted by Gasteiger charge is 2.19. The van der Waals surface area contributed by atoms with E-state index in [2.05, 4.69) is 4.74 Å². The molecule has 1 amide bonds. The first-order valence-electron chi connectivity index (χ1n) is 6.56. The fourth-order valence-corrected chi connectivity index (χ4v) is 2.04. The molecule has 0 radical (unpaired) electrons. The standard InChI is InChI=1S/C14H15F2NO4/c15-14(16)21-11-5-3-10(4-6-11)13(19)20-9-12(18)17-7-1-2-8-17/h3-6,14H,1-2,7-9H2. The van der Waals surface area contributed by atoms with Crippen molar-refractivity contribution in [2.24, 2.45) is 0 Å². The van der Waals surface area contributed by atoms with E-state index in [1.807, 2.05) is 0 Å². The van der Waals surface area contributed by atoms with E-state index < -0.39 is 12.6 Å². The summed E-state index contributed by atoms with van der Waals surface area (Å²) in [7, 11) is 0. The van der Waals surface area contributed by atoms with E-state index in [1.165, 1.54) is 24.3 Å². The molecule has 1 aliphatic rings. The SMILES string of the molecule is O=C(OCC(=O)N1CCCC1)c1ccc(OC(F)F)cc1. The first-order valence-corrected chi connectivity index (χ1v) is 6.56. The zero-order chi connectivity index (χ0) is 15.2. The second-order valence-corrected chi connectivity index (χ2v) is 4.57. The number of benzene rings is 1. The van der Waals surface area contributed by atoms with E-state index >= 15 is 0 Å². The summed E-state index contributed by atoms with van der Waals surface area (Å²) < 4.78 is 33.0. The highest BCUT2D eigenvalue weighted by atomic mass is 19.3. The molecule has 0 saturated carbocycles. The van der Waals surface area contributed by atoms with Crippen LogP contribution in [-0.4, -0.2) is 43.1 Å². The molecule has 1 aromatic rings. The Hall–Kier alpha value is -2.18. The van der Waals surface area contributed by atoms with Crippen LogP contribution in [0.3, 0.4) is 0 Å². The van der Waals surface area contributed by atoms with Gasteiger partial charge in [0.1, 0.15) is 5.75 Å². The second kappa shape index (κ2) is 7.01. The van der Waals surface area contributed by atoms with Gasteiger partial charge in [0.05, 0.1) is 5.56 Å². The Morgan fingerprint density at radius 2 is 1.76 bits per heavy atom. The number of esters is 1. The van der Waals surface area contributed by atoms with Gasteiger partial charge in [0.25, 0.3) is 5.91 Å². The molecule has 0 bridgehead atoms. The van der Waals surface area contributed by atoms with Crippen molar-refractivity contribution >= 4 is 11.9 Å². The Morgan fingerprint density at radius 1 is 1.14 bits per heavy atom. The van der Waals surface area contributed by atoms with Crippen molar-refractivity contribution in [2.45, 2.75) is 19.5 Å². The Balaban J connectivity index is 1.83. The minimum Gasteiger partial charge on any atom is -0.452 e. The Morgan fingerprint density at radius 3 is 2.33 bits per heavy atom. The monoisotopic (exact) mass is 299 g/mol. The molecule has 5 nitrogen and oxygen atoms in total. The largest absolute Gasteiger partial charge is 0.452 e. The zero-order valence-electron chi connectivity index (χ0n) is 11.3. The molecule has 1 aromatic carbocycles. The third-order valence-corrected chi connectivity index (χ3v) is 3.10. The van der Waals surface area contributed by atoms with Crippen LogP contribution in [0.5, 0.6) is 5.75 Å². The molecular weight excluding hydrogens is 284 g/mol. The molecule has 0 atom stereocenters. The van der Waals surface area contributed by atoms with Crippen LogP contribution in [-0.2, 0) is 9.53 Å². The number of hydrogen-bond acceptors (Lipinski definition) is 4. The molecule has 1 heterocycles. The van der Waals surface area contributed by atoms with Gasteiger partial charge in [-0.15, -0.1) is 0 Å². The number of carbonyl (C=O) groups is 2. The summed E-state index contributed by atoms with van der Waals surface area (Å²) in [5, 5.41) is 0. The van der Waals surface area contributed by atoms with Crippen LogP contribution in [0.15, 0.2) is 24.3 Å². The van der Waals surface area contributed by atoms with Gasteiger partial charge >= 0.3 is 12.6 Å². The second-order valence-electron chi connectivity index (χ2n) is 4.57. The van der Waals surface area contributed by atoms with Gasteiger partial charge < -0.3 is 14.4 Å². The van der Waals surface area contributed by atoms with Gasteiger partial charge in [0, 0.05) is 13.1 Å². The molecule has 1 aliphatic heterocycles. The number of amides is 1. The summed E-state index contributed by atoms with van der Waals surface area (Å²) in [6.45, 7) is -1.85. The summed E-state index contributed by atoms with van der Waals surface area (Å²) in [4.78, 5) is 25.1. The predicted molar refractivity (Wildman–Crippen MR) is 69.2 cm³/mol. The van der Waals surface area contributed by atoms with Crippen LogP contribution in [0.1, 0.15) is 23.2 Å². The van der Waals surface area contributed by atoms with E-state index in [1.54, 1.807) is 4.90 Å². The van der Waals surface area contributed by atoms with Crippen molar-refractivity contribution < 1.29 is 27.8 Å². The molecule has 1 saturated heterocycles. The molecule has 1 fully saturated rings. The highest BCUT2D eigenvalue weighted by Crippen LogP contribution is 2.15. The fourth-order valence-electron chi connectivity index (χ4n) is 2.04. The zero-order valence-corrected chi connectivity index (χ0v) is 11.3. The summed E-state index contributed by atoms with van der Waals surface area (Å²) >= 11 is 0. The van der Waals surface area contributed by atoms with Gasteiger partial charge in [0.15, 0.2) is 6.61 Å². The molecule has 0 aromatic heterocycles. The van der Waals surface area contributed by atoms with Gasteiger partial charge in [-0.25, -0.2) is 4.79 Å². The van der Waals surface area contributed by atoms with Crippen LogP contribution < -0.4 is 4.74 Å². The summed E-state index contributed by atoms with van der Waals surface area (Å²) in [5.74, 6) is -0.945. The van der Waals surface area contributed by atoms with Crippen molar-refractivity contribution in [3.05, 3.63) is 29.8 Å². The highest BCUT2D eigenvalue weighted by molar-refractivity contribution is 5.91. The van der Waals surface area contributed by atoms with Crippen LogP contribution in [0.4, 0.5) is 8.78 Å². The van der Waals surface area contributed by atoms with E-state index in [9.17, 15) is 18.4 Å². The molecule has 0 aliphatic carbocycles. The van der Waals surface area contributed by atoms with Crippen molar-refractivity contribution in [3.63, 3.8) is 0 Å². The van der Waals surface area contributed by atoms with Crippen LogP contribution >= 0.6 is 0 Å². The number of carbonyl (C=O) groups excluding carboxylic acids is 2. The van der Waals surface area contributed by atoms with Crippen molar-refractivity contribution in [1.29, 1.82) is 0 Å². The number of likely N-dealkylation sites (tertiary alicyclic amines) is 1. The lowest BCUT2D eigenvalue weighted by Gasteiger charge is -2.14. The molecule has 0 unspecified atom stereocenters. The molecule has 114 valence electrons. The lowest BCUT2D eigenvalue weighted by Crippen LogP contribution is -2.32. The number of hydrogen-bond donors (Lipinski definition) is 0. The average molecular weight is 299 g/mol. The minimum absolute atomic E-state index is 0.0466. The van der Waals surface area contributed by atoms with Crippen LogP contribution in [0, 0.1) is 0 Å². The van der Waals surface area contributed by atoms with E-state index in [0.717, 1.165) is 12.8 Å². The average Bonchev–Trinajstić information content (AvgIpc) is 2.99. The van der Waals surface area contributed by atoms with Crippen LogP contribution in [0.2, 0.25) is 0 Å². The Labute approximate surface area is 120 Å². The maximum Gasteiger partial charge on any atom is 0.387 e. The maximum absolute atomic E-state index is 12.0. The summed E-state index contributed by atoms with van der Waals surface area (Å²) in [6.07, 6.45) is 1.93. The van der Waals surface area contributed by atoms with Gasteiger partial charge in [-0.2, -0.15) is 8.78 Å². The molecule has 0 N–H and O–H groups in total. The van der Waals surface area contributed by atoms with E-state index in [-0.39, 0.29) is 23.8 Å². The number of alkyl halides is 2. The number of ether oxygens (including phenoxy) is 2. The normalized spacial score (nSPS) is 14.3. The van der Waals surface area contributed by atoms with Gasteiger partial charge in [-0.1, -0.05) is 0 Å². The maximum atomic E-state index is 12.0. The van der Waals surface area contributed by atoms with Crippen molar-refractivity contribution in [1.82, 2.24) is 4.90 Å². The van der Waals surface area contributed by atoms with Crippen LogP contribution in [0.25, 0.3) is 0 Å². The lowest BCUT2D eigenvalue weighted by molar-refractivity contribution is -0.133. The molecule has 2 rings (SSSR count). The van der Waals surface area contributed by atoms with Gasteiger partial charge in [-0.05, 0) is 37.1 Å². The first-order chi connectivity index (χ1) is 10.1. The molecular formula is C14H15F2NO4. The van der Waals surface area contributed by atoms with Crippen molar-refractivity contribution in [2.75, 3.05) is 19.7 Å². The van der Waals surface area contributed by atoms with E-state index in [0.29, 0.717) is 13.1 Å².